The highest BCUT2D eigenvalue weighted by molar-refractivity contribution is 7.89. The lowest BCUT2D eigenvalue weighted by Crippen LogP contribution is -2.48. The Bertz CT molecular complexity index is 1490. The molecule has 3 aromatic rings. The Kier molecular flexibility index (Phi) is 5.27. The van der Waals surface area contributed by atoms with Crippen molar-refractivity contribution in [3.8, 4) is 0 Å². The molecule has 1 amide bonds. The molecule has 0 saturated heterocycles. The molecule has 5 rings (SSSR count). The van der Waals surface area contributed by atoms with Gasteiger partial charge in [0.2, 0.25) is 10.0 Å². The summed E-state index contributed by atoms with van der Waals surface area (Å²) in [6, 6.07) is 8.30. The fraction of sp³-hybridized carbons (Fsp3) is 0.250. The number of hydrogen-bond donors (Lipinski definition) is 2. The number of fused-ring (bicyclic) bond motifs is 3. The molecule has 2 unspecified atom stereocenters. The Labute approximate surface area is 194 Å². The molecule has 7 nitrogen and oxygen atoms in total. The molecular weight excluding hydrogens is 464 g/mol. The fourth-order valence-electron chi connectivity index (χ4n) is 5.16. The van der Waals surface area contributed by atoms with Gasteiger partial charge in [0.05, 0.1) is 11.9 Å². The van der Waals surface area contributed by atoms with Crippen molar-refractivity contribution in [3.63, 3.8) is 0 Å². The Hall–Kier alpha value is -3.53. The van der Waals surface area contributed by atoms with E-state index >= 15 is 4.39 Å². The minimum absolute atomic E-state index is 0.220. The van der Waals surface area contributed by atoms with E-state index in [1.165, 1.54) is 11.1 Å². The summed E-state index contributed by atoms with van der Waals surface area (Å²) in [6.45, 7) is 0. The highest BCUT2D eigenvalue weighted by Crippen LogP contribution is 2.51. The number of amides is 1. The maximum absolute atomic E-state index is 15.0. The van der Waals surface area contributed by atoms with Gasteiger partial charge < -0.3 is 9.88 Å². The van der Waals surface area contributed by atoms with Gasteiger partial charge >= 0.3 is 0 Å². The van der Waals surface area contributed by atoms with Crippen LogP contribution < -0.4 is 15.2 Å². The van der Waals surface area contributed by atoms with Crippen molar-refractivity contribution >= 4 is 27.3 Å². The van der Waals surface area contributed by atoms with E-state index in [4.69, 9.17) is 0 Å². The number of benzene rings is 2. The van der Waals surface area contributed by atoms with Gasteiger partial charge in [-0.1, -0.05) is 12.1 Å². The first kappa shape index (κ1) is 22.3. The van der Waals surface area contributed by atoms with Crippen LogP contribution in [0.15, 0.2) is 53.5 Å². The lowest BCUT2D eigenvalue weighted by Gasteiger charge is -2.29. The standard InChI is InChI=1S/C24H21F2N3O4S/c1-34(32,33)28-24(31)22-21(16-6-3-11-27-23(16)30)20-15-5-2-4-13(15)7-10-18(20)29(22)19-12-14(25)8-9-17(19)26/h3,6-12,21-22H,2,4-5H2,1H3,(H,27,30)(H,28,31). The van der Waals surface area contributed by atoms with Crippen molar-refractivity contribution in [1.82, 2.24) is 9.71 Å². The van der Waals surface area contributed by atoms with Crippen molar-refractivity contribution in [2.45, 2.75) is 31.2 Å². The Balaban J connectivity index is 1.83. The largest absolute Gasteiger partial charge is 0.329 e. The number of aromatic nitrogens is 1. The zero-order valence-corrected chi connectivity index (χ0v) is 19.0. The third-order valence-corrected chi connectivity index (χ3v) is 6.95. The summed E-state index contributed by atoms with van der Waals surface area (Å²) in [5.41, 5.74) is 2.66. The van der Waals surface area contributed by atoms with E-state index in [0.717, 1.165) is 48.4 Å². The number of aromatic amines is 1. The molecule has 2 aromatic carbocycles. The predicted molar refractivity (Wildman–Crippen MR) is 123 cm³/mol. The quantitative estimate of drug-likeness (QED) is 0.592. The van der Waals surface area contributed by atoms with Crippen LogP contribution in [0.4, 0.5) is 20.2 Å². The van der Waals surface area contributed by atoms with Crippen LogP contribution in [0.25, 0.3) is 0 Å². The summed E-state index contributed by atoms with van der Waals surface area (Å²) < 4.78 is 55.2. The molecule has 0 fully saturated rings. The van der Waals surface area contributed by atoms with Crippen LogP contribution in [-0.4, -0.2) is 31.6 Å². The number of sulfonamides is 1. The summed E-state index contributed by atoms with van der Waals surface area (Å²) in [6.07, 6.45) is 4.67. The van der Waals surface area contributed by atoms with Crippen LogP contribution in [0.1, 0.15) is 34.6 Å². The molecule has 0 radical (unpaired) electrons. The molecule has 0 bridgehead atoms. The van der Waals surface area contributed by atoms with Gasteiger partial charge in [-0.05, 0) is 60.2 Å². The zero-order valence-electron chi connectivity index (χ0n) is 18.1. The number of aryl methyl sites for hydroxylation is 1. The van der Waals surface area contributed by atoms with Gasteiger partial charge in [0.25, 0.3) is 11.5 Å². The molecule has 0 saturated carbocycles. The summed E-state index contributed by atoms with van der Waals surface area (Å²) in [5, 5.41) is 0. The van der Waals surface area contributed by atoms with Gasteiger partial charge in [0, 0.05) is 29.4 Å². The number of anilines is 2. The molecule has 2 atom stereocenters. The maximum atomic E-state index is 15.0. The second-order valence-corrected chi connectivity index (χ2v) is 10.3. The van der Waals surface area contributed by atoms with Crippen molar-refractivity contribution in [1.29, 1.82) is 0 Å². The van der Waals surface area contributed by atoms with Crippen molar-refractivity contribution < 1.29 is 22.0 Å². The molecule has 10 heteroatoms. The van der Waals surface area contributed by atoms with E-state index in [1.807, 2.05) is 10.8 Å². The smallest absolute Gasteiger partial charge is 0.257 e. The average Bonchev–Trinajstić information content (AvgIpc) is 3.37. The summed E-state index contributed by atoms with van der Waals surface area (Å²) in [5.74, 6) is -3.35. The molecule has 1 aliphatic heterocycles. The van der Waals surface area contributed by atoms with E-state index in [2.05, 4.69) is 4.98 Å². The average molecular weight is 486 g/mol. The number of rotatable bonds is 4. The number of H-pyrrole nitrogens is 1. The SMILES string of the molecule is CS(=O)(=O)NC(=O)C1C(c2ccc[nH]c2=O)c2c(ccc3c2CCC3)N1c1cc(F)ccc1F. The molecule has 2 heterocycles. The van der Waals surface area contributed by atoms with Crippen molar-refractivity contribution in [2.75, 3.05) is 11.2 Å². The van der Waals surface area contributed by atoms with Gasteiger partial charge in [-0.25, -0.2) is 17.2 Å². The van der Waals surface area contributed by atoms with Gasteiger partial charge in [0.1, 0.15) is 17.7 Å². The minimum Gasteiger partial charge on any atom is -0.329 e. The third-order valence-electron chi connectivity index (χ3n) is 6.37. The number of carbonyl (C=O) groups excluding carboxylic acids is 1. The molecule has 1 aliphatic carbocycles. The van der Waals surface area contributed by atoms with E-state index in [1.54, 1.807) is 18.2 Å². The van der Waals surface area contributed by atoms with E-state index in [-0.39, 0.29) is 11.3 Å². The first-order valence-electron chi connectivity index (χ1n) is 10.7. The minimum atomic E-state index is -3.98. The molecular formula is C24H21F2N3O4S. The second-order valence-electron chi connectivity index (χ2n) is 8.57. The number of halogens is 2. The van der Waals surface area contributed by atoms with Crippen LogP contribution in [-0.2, 0) is 27.7 Å². The number of hydrogen-bond acceptors (Lipinski definition) is 5. The van der Waals surface area contributed by atoms with Gasteiger partial charge in [-0.15, -0.1) is 0 Å². The van der Waals surface area contributed by atoms with E-state index in [0.29, 0.717) is 17.7 Å². The third kappa shape index (κ3) is 3.67. The normalized spacial score (nSPS) is 19.1. The molecule has 176 valence electrons. The lowest BCUT2D eigenvalue weighted by atomic mass is 9.84. The molecule has 2 N–H and O–H groups in total. The van der Waals surface area contributed by atoms with Crippen LogP contribution in [0.3, 0.4) is 0 Å². The van der Waals surface area contributed by atoms with Crippen LogP contribution in [0.5, 0.6) is 0 Å². The molecule has 0 spiro atoms. The van der Waals surface area contributed by atoms with Crippen molar-refractivity contribution in [3.05, 3.63) is 92.9 Å². The first-order valence-corrected chi connectivity index (χ1v) is 12.6. The second kappa shape index (κ2) is 8.05. The number of nitrogens with zero attached hydrogens (tertiary/aromatic N) is 1. The van der Waals surface area contributed by atoms with E-state index in [9.17, 15) is 22.4 Å². The van der Waals surface area contributed by atoms with Gasteiger partial charge in [0.15, 0.2) is 0 Å². The highest BCUT2D eigenvalue weighted by atomic mass is 32.2. The molecule has 2 aliphatic rings. The topological polar surface area (TPSA) is 99.3 Å². The predicted octanol–water partition coefficient (Wildman–Crippen LogP) is 2.87. The number of pyridine rings is 1. The Morgan fingerprint density at radius 1 is 1.12 bits per heavy atom. The highest BCUT2D eigenvalue weighted by Gasteiger charge is 2.48. The van der Waals surface area contributed by atoms with Crippen LogP contribution in [0.2, 0.25) is 0 Å². The first-order chi connectivity index (χ1) is 16.2. The zero-order chi connectivity index (χ0) is 24.2. The summed E-state index contributed by atoms with van der Waals surface area (Å²) >= 11 is 0. The fourth-order valence-corrected chi connectivity index (χ4v) is 5.65. The van der Waals surface area contributed by atoms with E-state index < -0.39 is 45.1 Å². The van der Waals surface area contributed by atoms with Gasteiger partial charge in [-0.3, -0.25) is 14.3 Å². The number of nitrogens with one attached hydrogen (secondary N) is 2. The Morgan fingerprint density at radius 2 is 1.91 bits per heavy atom. The molecule has 1 aromatic heterocycles. The maximum Gasteiger partial charge on any atom is 0.257 e. The van der Waals surface area contributed by atoms with Crippen LogP contribution in [0, 0.1) is 11.6 Å². The molecule has 34 heavy (non-hydrogen) atoms. The summed E-state index contributed by atoms with van der Waals surface area (Å²) in [7, 11) is -3.98. The lowest BCUT2D eigenvalue weighted by molar-refractivity contribution is -0.120. The van der Waals surface area contributed by atoms with Gasteiger partial charge in [-0.2, -0.15) is 0 Å². The van der Waals surface area contributed by atoms with Crippen LogP contribution >= 0.6 is 0 Å². The number of carbonyl (C=O) groups is 1. The Morgan fingerprint density at radius 3 is 2.65 bits per heavy atom. The summed E-state index contributed by atoms with van der Waals surface area (Å²) in [4.78, 5) is 30.2. The van der Waals surface area contributed by atoms with Crippen molar-refractivity contribution in [2.24, 2.45) is 0 Å². The monoisotopic (exact) mass is 485 g/mol.